The third-order valence-corrected chi connectivity index (χ3v) is 2.97. The second-order valence-corrected chi connectivity index (χ2v) is 4.37. The molecule has 1 aromatic carbocycles. The van der Waals surface area contributed by atoms with Crippen LogP contribution in [0.1, 0.15) is 18.4 Å². The molecule has 0 spiro atoms. The van der Waals surface area contributed by atoms with Gasteiger partial charge in [0.15, 0.2) is 11.5 Å². The van der Waals surface area contributed by atoms with Crippen LogP contribution in [0.2, 0.25) is 0 Å². The fourth-order valence-electron chi connectivity index (χ4n) is 1.96. The lowest BCUT2D eigenvalue weighted by Crippen LogP contribution is -2.24. The van der Waals surface area contributed by atoms with Crippen LogP contribution in [-0.2, 0) is 4.79 Å². The van der Waals surface area contributed by atoms with Gasteiger partial charge in [-0.3, -0.25) is 4.79 Å². The molecule has 1 amide bonds. The lowest BCUT2D eigenvalue weighted by Gasteiger charge is -2.18. The Balaban J connectivity index is 1.74. The summed E-state index contributed by atoms with van der Waals surface area (Å²) in [6, 6.07) is 5.80. The fraction of sp³-hybridized carbons (Fsp3) is 0.286. The molecule has 5 nitrogen and oxygen atoms in total. The molecule has 0 aromatic heterocycles. The summed E-state index contributed by atoms with van der Waals surface area (Å²) in [6.45, 7) is 1.18. The number of hydrogen-bond acceptors (Lipinski definition) is 4. The van der Waals surface area contributed by atoms with Gasteiger partial charge < -0.3 is 9.47 Å². The summed E-state index contributed by atoms with van der Waals surface area (Å²) in [4.78, 5) is 11.0. The Morgan fingerprint density at radius 1 is 1.11 bits per heavy atom. The number of hydrogen-bond donors (Lipinski definition) is 1. The van der Waals surface area contributed by atoms with Crippen LogP contribution in [0.25, 0.3) is 6.08 Å². The van der Waals surface area contributed by atoms with Gasteiger partial charge in [0.2, 0.25) is 5.91 Å². The van der Waals surface area contributed by atoms with Crippen molar-refractivity contribution in [2.24, 2.45) is 5.10 Å². The number of carbonyl (C=O) groups excluding carboxylic acids is 1. The molecule has 98 valence electrons. The average Bonchev–Trinajstić information content (AvgIpc) is 2.46. The third kappa shape index (κ3) is 2.76. The van der Waals surface area contributed by atoms with Gasteiger partial charge in [0.05, 0.1) is 5.71 Å². The Hall–Kier alpha value is -2.30. The molecule has 1 N–H and O–H groups in total. The smallest absolute Gasteiger partial charge is 0.240 e. The Morgan fingerprint density at radius 3 is 2.74 bits per heavy atom. The van der Waals surface area contributed by atoms with Crippen molar-refractivity contribution < 1.29 is 14.3 Å². The van der Waals surface area contributed by atoms with Crippen molar-refractivity contribution in [3.8, 4) is 11.5 Å². The topological polar surface area (TPSA) is 59.9 Å². The number of ether oxygens (including phenoxy) is 2. The molecule has 2 aliphatic rings. The lowest BCUT2D eigenvalue weighted by molar-refractivity contribution is -0.121. The van der Waals surface area contributed by atoms with Crippen molar-refractivity contribution >= 4 is 17.7 Å². The second-order valence-electron chi connectivity index (χ2n) is 4.37. The Morgan fingerprint density at radius 2 is 1.95 bits per heavy atom. The normalized spacial score (nSPS) is 18.1. The van der Waals surface area contributed by atoms with Crippen LogP contribution in [0.4, 0.5) is 0 Å². The number of carbonyl (C=O) groups is 1. The molecule has 2 heterocycles. The van der Waals surface area contributed by atoms with Crippen molar-refractivity contribution in [2.45, 2.75) is 12.8 Å². The molecule has 0 radical (unpaired) electrons. The molecule has 2 aliphatic heterocycles. The summed E-state index contributed by atoms with van der Waals surface area (Å²) in [7, 11) is 0. The molecule has 0 saturated carbocycles. The van der Waals surface area contributed by atoms with Crippen LogP contribution >= 0.6 is 0 Å². The van der Waals surface area contributed by atoms with Crippen molar-refractivity contribution in [3.63, 3.8) is 0 Å². The summed E-state index contributed by atoms with van der Waals surface area (Å²) in [5, 5.41) is 3.99. The minimum absolute atomic E-state index is 0.0310. The quantitative estimate of drug-likeness (QED) is 0.879. The second kappa shape index (κ2) is 5.14. The molecular weight excluding hydrogens is 244 g/mol. The number of nitrogens with one attached hydrogen (secondary N) is 1. The van der Waals surface area contributed by atoms with Crippen LogP contribution in [0.15, 0.2) is 29.4 Å². The maximum absolute atomic E-state index is 11.0. The zero-order chi connectivity index (χ0) is 13.1. The molecule has 19 heavy (non-hydrogen) atoms. The number of allylic oxidation sites excluding steroid dienone is 1. The number of hydrazone groups is 1. The van der Waals surface area contributed by atoms with Crippen molar-refractivity contribution in [3.05, 3.63) is 29.8 Å². The summed E-state index contributed by atoms with van der Waals surface area (Å²) in [6.07, 6.45) is 5.02. The molecule has 1 aromatic rings. The molecule has 5 heteroatoms. The molecule has 3 rings (SSSR count). The van der Waals surface area contributed by atoms with Crippen LogP contribution in [-0.4, -0.2) is 24.8 Å². The van der Waals surface area contributed by atoms with Gasteiger partial charge >= 0.3 is 0 Å². The highest BCUT2D eigenvalue weighted by atomic mass is 16.6. The molecule has 0 aliphatic carbocycles. The summed E-state index contributed by atoms with van der Waals surface area (Å²) in [5.41, 5.74) is 4.36. The minimum atomic E-state index is -0.0310. The van der Waals surface area contributed by atoms with E-state index in [-0.39, 0.29) is 5.91 Å². The largest absolute Gasteiger partial charge is 0.486 e. The first-order valence-corrected chi connectivity index (χ1v) is 6.24. The first kappa shape index (κ1) is 11.8. The molecule has 0 saturated heterocycles. The zero-order valence-corrected chi connectivity index (χ0v) is 10.4. The first-order valence-electron chi connectivity index (χ1n) is 6.24. The van der Waals surface area contributed by atoms with Crippen LogP contribution in [0, 0.1) is 0 Å². The molecular formula is C14H14N2O3. The Labute approximate surface area is 110 Å². The minimum Gasteiger partial charge on any atom is -0.486 e. The lowest BCUT2D eigenvalue weighted by atomic mass is 10.1. The first-order chi connectivity index (χ1) is 9.31. The van der Waals surface area contributed by atoms with E-state index in [0.717, 1.165) is 22.8 Å². The maximum Gasteiger partial charge on any atom is 0.240 e. The predicted octanol–water partition coefficient (Wildman–Crippen LogP) is 1.74. The monoisotopic (exact) mass is 258 g/mol. The highest BCUT2D eigenvalue weighted by molar-refractivity contribution is 6.02. The van der Waals surface area contributed by atoms with Gasteiger partial charge in [-0.1, -0.05) is 12.1 Å². The van der Waals surface area contributed by atoms with E-state index in [1.807, 2.05) is 30.4 Å². The predicted molar refractivity (Wildman–Crippen MR) is 71.3 cm³/mol. The molecule has 0 fully saturated rings. The van der Waals surface area contributed by atoms with Crippen LogP contribution in [0.5, 0.6) is 11.5 Å². The van der Waals surface area contributed by atoms with Crippen molar-refractivity contribution in [2.75, 3.05) is 13.2 Å². The standard InChI is InChI=1S/C14H14N2O3/c17-14-6-4-11(15-16-14)3-1-10-2-5-12-13(9-10)19-8-7-18-12/h1-3,5,9H,4,6-8H2,(H,16,17)/b3-1+. The van der Waals surface area contributed by atoms with Gasteiger partial charge in [-0.2, -0.15) is 5.10 Å². The number of nitrogens with zero attached hydrogens (tertiary/aromatic N) is 1. The van der Waals surface area contributed by atoms with E-state index in [1.165, 1.54) is 0 Å². The van der Waals surface area contributed by atoms with Gasteiger partial charge in [0, 0.05) is 12.8 Å². The molecule has 0 atom stereocenters. The molecule has 0 unspecified atom stereocenters. The highest BCUT2D eigenvalue weighted by Crippen LogP contribution is 2.31. The zero-order valence-electron chi connectivity index (χ0n) is 10.4. The van der Waals surface area contributed by atoms with E-state index in [1.54, 1.807) is 0 Å². The Bertz CT molecular complexity index is 564. The van der Waals surface area contributed by atoms with Gasteiger partial charge in [-0.15, -0.1) is 0 Å². The number of amides is 1. The van der Waals surface area contributed by atoms with E-state index in [9.17, 15) is 4.79 Å². The van der Waals surface area contributed by atoms with E-state index in [2.05, 4.69) is 10.5 Å². The highest BCUT2D eigenvalue weighted by Gasteiger charge is 2.11. The van der Waals surface area contributed by atoms with E-state index in [4.69, 9.17) is 9.47 Å². The fourth-order valence-corrected chi connectivity index (χ4v) is 1.96. The van der Waals surface area contributed by atoms with Crippen LogP contribution in [0.3, 0.4) is 0 Å². The van der Waals surface area contributed by atoms with Gasteiger partial charge in [-0.25, -0.2) is 5.43 Å². The van der Waals surface area contributed by atoms with Gasteiger partial charge in [0.1, 0.15) is 13.2 Å². The van der Waals surface area contributed by atoms with Crippen molar-refractivity contribution in [1.29, 1.82) is 0 Å². The SMILES string of the molecule is O=C1CCC(/C=C/c2ccc3c(c2)OCCO3)=NN1. The number of fused-ring (bicyclic) bond motifs is 1. The van der Waals surface area contributed by atoms with E-state index in [0.29, 0.717) is 26.1 Å². The van der Waals surface area contributed by atoms with Crippen LogP contribution < -0.4 is 14.9 Å². The molecule has 0 bridgehead atoms. The summed E-state index contributed by atoms with van der Waals surface area (Å²) >= 11 is 0. The van der Waals surface area contributed by atoms with E-state index < -0.39 is 0 Å². The van der Waals surface area contributed by atoms with Crippen molar-refractivity contribution in [1.82, 2.24) is 5.43 Å². The summed E-state index contributed by atoms with van der Waals surface area (Å²) in [5.74, 6) is 1.52. The maximum atomic E-state index is 11.0. The average molecular weight is 258 g/mol. The van der Waals surface area contributed by atoms with E-state index >= 15 is 0 Å². The van der Waals surface area contributed by atoms with Gasteiger partial charge in [0.25, 0.3) is 0 Å². The number of benzene rings is 1. The number of rotatable bonds is 2. The third-order valence-electron chi connectivity index (χ3n) is 2.97. The Kier molecular flexibility index (Phi) is 3.18. The van der Waals surface area contributed by atoms with Gasteiger partial charge in [-0.05, 0) is 23.8 Å². The summed E-state index contributed by atoms with van der Waals surface area (Å²) < 4.78 is 11.0.